The average molecular weight is 517 g/mol. The van der Waals surface area contributed by atoms with Gasteiger partial charge >= 0.3 is 5.97 Å². The molecule has 0 spiro atoms. The SMILES string of the molecule is NC(N)=NCCOc1ccc2cc(C(=O)NC[C@H](NS(=O)(=O)c3ccccc3)C(=O)O)cc(=O)n2c1. The summed E-state index contributed by atoms with van der Waals surface area (Å²) in [6.45, 7) is -0.146. The number of hydrogen-bond acceptors (Lipinski definition) is 7. The van der Waals surface area contributed by atoms with Gasteiger partial charge in [-0.3, -0.25) is 23.8 Å². The molecule has 3 aromatic rings. The molecule has 0 aliphatic rings. The number of fused-ring (bicyclic) bond motifs is 1. The number of carboxylic acids is 1. The lowest BCUT2D eigenvalue weighted by atomic mass is 10.2. The zero-order valence-electron chi connectivity index (χ0n) is 18.8. The molecule has 1 aromatic carbocycles. The van der Waals surface area contributed by atoms with E-state index in [1.807, 2.05) is 4.72 Å². The molecule has 0 aliphatic carbocycles. The van der Waals surface area contributed by atoms with Crippen molar-refractivity contribution in [3.8, 4) is 5.75 Å². The summed E-state index contributed by atoms with van der Waals surface area (Å²) in [7, 11) is -4.14. The number of aliphatic imine (C=N–C) groups is 1. The molecule has 13 nitrogen and oxygen atoms in total. The van der Waals surface area contributed by atoms with Crippen molar-refractivity contribution < 1.29 is 27.9 Å². The van der Waals surface area contributed by atoms with E-state index in [9.17, 15) is 27.9 Å². The molecule has 0 radical (unpaired) electrons. The number of guanidine groups is 1. The van der Waals surface area contributed by atoms with E-state index in [1.54, 1.807) is 18.2 Å². The lowest BCUT2D eigenvalue weighted by molar-refractivity contribution is -0.138. The maximum Gasteiger partial charge on any atom is 0.323 e. The molecule has 2 heterocycles. The van der Waals surface area contributed by atoms with Crippen LogP contribution in [0.15, 0.2) is 75.5 Å². The number of benzene rings is 1. The van der Waals surface area contributed by atoms with Gasteiger partial charge in [0, 0.05) is 23.7 Å². The summed E-state index contributed by atoms with van der Waals surface area (Å²) in [5.74, 6) is -1.93. The minimum atomic E-state index is -4.14. The zero-order valence-corrected chi connectivity index (χ0v) is 19.6. The fraction of sp³-hybridized carbons (Fsp3) is 0.182. The molecule has 14 heteroatoms. The standard InChI is InChI=1S/C22H24N6O7S/c23-22(24)25-8-9-35-16-7-6-15-10-14(11-19(29)28(15)13-16)20(30)26-12-18(21(31)32)27-36(33,34)17-4-2-1-3-5-17/h1-7,10-11,13,18,27H,8-9,12H2,(H,26,30)(H,31,32)(H4,23,24,25)/t18-/m0/s1. The van der Waals surface area contributed by atoms with Gasteiger partial charge in [-0.05, 0) is 30.3 Å². The molecule has 0 aliphatic heterocycles. The van der Waals surface area contributed by atoms with Crippen molar-refractivity contribution in [2.45, 2.75) is 10.9 Å². The molecule has 190 valence electrons. The number of amides is 1. The first kappa shape index (κ1) is 26.2. The van der Waals surface area contributed by atoms with Crippen LogP contribution in [0, 0.1) is 0 Å². The van der Waals surface area contributed by atoms with Crippen LogP contribution >= 0.6 is 0 Å². The summed E-state index contributed by atoms with van der Waals surface area (Å²) < 4.78 is 33.7. The first-order valence-corrected chi connectivity index (χ1v) is 12.0. The number of carbonyl (C=O) groups is 2. The van der Waals surface area contributed by atoms with Crippen molar-refractivity contribution in [2.75, 3.05) is 19.7 Å². The molecule has 36 heavy (non-hydrogen) atoms. The van der Waals surface area contributed by atoms with E-state index in [-0.39, 0.29) is 29.6 Å². The third kappa shape index (κ3) is 6.80. The highest BCUT2D eigenvalue weighted by molar-refractivity contribution is 7.89. The first-order valence-electron chi connectivity index (χ1n) is 10.5. The van der Waals surface area contributed by atoms with Crippen LogP contribution in [0.5, 0.6) is 5.75 Å². The molecule has 0 saturated carbocycles. The van der Waals surface area contributed by atoms with Crippen molar-refractivity contribution in [2.24, 2.45) is 16.5 Å². The Hall–Kier alpha value is -4.43. The van der Waals surface area contributed by atoms with Gasteiger partial charge in [-0.15, -0.1) is 0 Å². The quantitative estimate of drug-likeness (QED) is 0.121. The number of ether oxygens (including phenoxy) is 1. The Morgan fingerprint density at radius 1 is 1.11 bits per heavy atom. The summed E-state index contributed by atoms with van der Waals surface area (Å²) in [6, 6.07) is 11.2. The number of sulfonamides is 1. The third-order valence-corrected chi connectivity index (χ3v) is 6.29. The number of aliphatic carboxylic acids is 1. The molecule has 1 amide bonds. The van der Waals surface area contributed by atoms with Crippen molar-refractivity contribution in [3.63, 3.8) is 0 Å². The van der Waals surface area contributed by atoms with E-state index in [0.29, 0.717) is 11.3 Å². The molecule has 0 saturated heterocycles. The highest BCUT2D eigenvalue weighted by Crippen LogP contribution is 2.13. The molecule has 0 fully saturated rings. The van der Waals surface area contributed by atoms with Crippen molar-refractivity contribution >= 4 is 33.4 Å². The first-order chi connectivity index (χ1) is 17.1. The van der Waals surface area contributed by atoms with Crippen molar-refractivity contribution in [1.29, 1.82) is 0 Å². The number of carbonyl (C=O) groups excluding carboxylic acids is 1. The Bertz CT molecular complexity index is 1450. The van der Waals surface area contributed by atoms with Gasteiger partial charge in [0.1, 0.15) is 18.4 Å². The van der Waals surface area contributed by atoms with Gasteiger partial charge in [-0.2, -0.15) is 4.72 Å². The molecule has 7 N–H and O–H groups in total. The van der Waals surface area contributed by atoms with E-state index in [1.165, 1.54) is 40.9 Å². The zero-order chi connectivity index (χ0) is 26.3. The number of carboxylic acid groups (broad SMARTS) is 1. The molecule has 0 unspecified atom stereocenters. The van der Waals surface area contributed by atoms with Gasteiger partial charge in [0.25, 0.3) is 11.5 Å². The lowest BCUT2D eigenvalue weighted by Crippen LogP contribution is -2.48. The van der Waals surface area contributed by atoms with Crippen LogP contribution < -0.4 is 31.8 Å². The van der Waals surface area contributed by atoms with Gasteiger partial charge in [-0.25, -0.2) is 8.42 Å². The van der Waals surface area contributed by atoms with Crippen molar-refractivity contribution in [3.05, 3.63) is 76.7 Å². The van der Waals surface area contributed by atoms with Crippen LogP contribution in [0.3, 0.4) is 0 Å². The summed E-state index contributed by atoms with van der Waals surface area (Å²) in [5.41, 5.74) is 10.3. The van der Waals surface area contributed by atoms with Crippen LogP contribution in [0.4, 0.5) is 0 Å². The predicted molar refractivity (Wildman–Crippen MR) is 130 cm³/mol. The number of nitrogens with two attached hydrogens (primary N) is 2. The Labute approximate surface area is 205 Å². The van der Waals surface area contributed by atoms with E-state index in [4.69, 9.17) is 16.2 Å². The number of nitrogens with zero attached hydrogens (tertiary/aromatic N) is 2. The molecule has 0 bridgehead atoms. The van der Waals surface area contributed by atoms with E-state index >= 15 is 0 Å². The second kappa shape index (κ2) is 11.3. The van der Waals surface area contributed by atoms with Crippen LogP contribution in [0.1, 0.15) is 10.4 Å². The summed E-state index contributed by atoms with van der Waals surface area (Å²) in [4.78, 5) is 40.4. The fourth-order valence-corrected chi connectivity index (χ4v) is 4.30. The molecule has 1 atom stereocenters. The highest BCUT2D eigenvalue weighted by atomic mass is 32.2. The fourth-order valence-electron chi connectivity index (χ4n) is 3.09. The van der Waals surface area contributed by atoms with Gasteiger partial charge in [-0.1, -0.05) is 18.2 Å². The maximum atomic E-state index is 12.6. The molecular weight excluding hydrogens is 492 g/mol. The van der Waals surface area contributed by atoms with Crippen LogP contribution in [0.2, 0.25) is 0 Å². The van der Waals surface area contributed by atoms with Gasteiger partial charge in [0.15, 0.2) is 5.96 Å². The smallest absolute Gasteiger partial charge is 0.323 e. The highest BCUT2D eigenvalue weighted by Gasteiger charge is 2.26. The number of pyridine rings is 2. The van der Waals surface area contributed by atoms with Gasteiger partial charge in [0.05, 0.1) is 17.6 Å². The largest absolute Gasteiger partial charge is 0.490 e. The van der Waals surface area contributed by atoms with Crippen molar-refractivity contribution in [1.82, 2.24) is 14.4 Å². The molecule has 2 aromatic heterocycles. The maximum absolute atomic E-state index is 12.6. The Morgan fingerprint density at radius 2 is 1.83 bits per heavy atom. The summed E-state index contributed by atoms with van der Waals surface area (Å²) in [6.07, 6.45) is 1.44. The monoisotopic (exact) mass is 516 g/mol. The minimum absolute atomic E-state index is 0.0310. The lowest BCUT2D eigenvalue weighted by Gasteiger charge is -2.16. The number of nitrogens with one attached hydrogen (secondary N) is 2. The number of aromatic nitrogens is 1. The minimum Gasteiger partial charge on any atom is -0.490 e. The van der Waals surface area contributed by atoms with Crippen LogP contribution in [0.25, 0.3) is 5.52 Å². The molecular formula is C22H24N6O7S. The van der Waals surface area contributed by atoms with Gasteiger partial charge in [0.2, 0.25) is 10.0 Å². The Kier molecular flexibility index (Phi) is 8.24. The summed E-state index contributed by atoms with van der Waals surface area (Å²) >= 11 is 0. The van der Waals surface area contributed by atoms with E-state index in [2.05, 4.69) is 10.3 Å². The van der Waals surface area contributed by atoms with E-state index < -0.39 is 40.0 Å². The normalized spacial score (nSPS) is 12.0. The Morgan fingerprint density at radius 3 is 2.50 bits per heavy atom. The second-order valence-corrected chi connectivity index (χ2v) is 9.15. The Balaban J connectivity index is 1.70. The third-order valence-electron chi connectivity index (χ3n) is 4.81. The number of hydrogen-bond donors (Lipinski definition) is 5. The van der Waals surface area contributed by atoms with Gasteiger partial charge < -0.3 is 26.6 Å². The predicted octanol–water partition coefficient (Wildman–Crippen LogP) is -0.887. The number of rotatable bonds is 11. The van der Waals surface area contributed by atoms with Crippen LogP contribution in [-0.4, -0.2) is 61.5 Å². The average Bonchev–Trinajstić information content (AvgIpc) is 2.84. The van der Waals surface area contributed by atoms with E-state index in [0.717, 1.165) is 6.07 Å². The second-order valence-electron chi connectivity index (χ2n) is 7.43. The topological polar surface area (TPSA) is 208 Å². The molecule has 3 rings (SSSR count). The van der Waals surface area contributed by atoms with Crippen LogP contribution in [-0.2, 0) is 14.8 Å². The summed E-state index contributed by atoms with van der Waals surface area (Å²) in [5, 5.41) is 11.8.